The molecule has 77 heavy (non-hydrogen) atoms. The van der Waals surface area contributed by atoms with Gasteiger partial charge >= 0.3 is 65.7 Å². The van der Waals surface area contributed by atoms with Crippen LogP contribution in [-0.4, -0.2) is 107 Å². The summed E-state index contributed by atoms with van der Waals surface area (Å²) in [5, 5.41) is 20.2. The van der Waals surface area contributed by atoms with E-state index < -0.39 is 220 Å². The standard InChI is InChI=1S/C51H64O20.6CH4/c1-16-19-14-22(34(49(64)71-51(6,7)8)32(19)48(63)70-50(3,4)5)25(16)35-36(45(60)68-44(35)59)27-18-12-20(21(13-18)41(56)66-11-10-52)28(27)37-38(47(62)69-46(37)61)30-24-15-23(31(39(53)54)33(24)42(57)65-9)29(30)26-17(2)40(55)67-43(26)58;;;;;;/h16-38,52H,10-15H2,1-9H3,(H,53,54);6*1H4. The first-order valence-electron chi connectivity index (χ1n) is 25.0. The minimum Gasteiger partial charge on any atom is -0.481 e. The Morgan fingerprint density at radius 3 is 1.34 bits per heavy atom. The quantitative estimate of drug-likeness (QED) is 0.122. The van der Waals surface area contributed by atoms with Gasteiger partial charge < -0.3 is 43.4 Å². The minimum atomic E-state index is -1.51. The van der Waals surface area contributed by atoms with Gasteiger partial charge in [-0.1, -0.05) is 58.4 Å². The van der Waals surface area contributed by atoms with E-state index in [-0.39, 0.29) is 70.4 Å². The third-order valence-electron chi connectivity index (χ3n) is 18.5. The van der Waals surface area contributed by atoms with Crippen molar-refractivity contribution in [3.63, 3.8) is 0 Å². The molecular formula is C57H88O20. The molecule has 9 rings (SSSR count). The van der Waals surface area contributed by atoms with E-state index in [2.05, 4.69) is 0 Å². The molecule has 0 aromatic carbocycles. The Labute approximate surface area is 453 Å². The van der Waals surface area contributed by atoms with Crippen LogP contribution in [0.25, 0.3) is 0 Å². The van der Waals surface area contributed by atoms with Crippen molar-refractivity contribution in [2.75, 3.05) is 20.3 Å². The lowest BCUT2D eigenvalue weighted by Crippen LogP contribution is -2.53. The Hall–Kier alpha value is -5.27. The van der Waals surface area contributed by atoms with Gasteiger partial charge in [0, 0.05) is 0 Å². The summed E-state index contributed by atoms with van der Waals surface area (Å²) in [6, 6.07) is 0. The number of esters is 10. The molecule has 3 saturated heterocycles. The number of carbonyl (C=O) groups excluding carboxylic acids is 10. The lowest BCUT2D eigenvalue weighted by Gasteiger charge is -2.47. The maximum Gasteiger partial charge on any atom is 0.317 e. The molecule has 20 nitrogen and oxygen atoms in total. The number of hydrogen-bond donors (Lipinski definition) is 2. The number of carboxylic acids is 1. The van der Waals surface area contributed by atoms with Crippen molar-refractivity contribution < 1.29 is 96.1 Å². The summed E-state index contributed by atoms with van der Waals surface area (Å²) < 4.78 is 38.6. The van der Waals surface area contributed by atoms with Gasteiger partial charge in [-0.2, -0.15) is 0 Å². The van der Waals surface area contributed by atoms with Gasteiger partial charge in [-0.25, -0.2) is 0 Å². The first-order valence-corrected chi connectivity index (χ1v) is 25.0. The molecule has 20 heteroatoms. The van der Waals surface area contributed by atoms with Crippen molar-refractivity contribution in [3.8, 4) is 0 Å². The van der Waals surface area contributed by atoms with Gasteiger partial charge in [-0.05, 0) is 138 Å². The molecule has 6 aliphatic carbocycles. The van der Waals surface area contributed by atoms with Crippen molar-refractivity contribution in [1.82, 2.24) is 0 Å². The zero-order valence-corrected chi connectivity index (χ0v) is 41.3. The van der Waals surface area contributed by atoms with E-state index in [1.165, 1.54) is 6.92 Å². The number of fused-ring (bicyclic) bond motifs is 6. The highest BCUT2D eigenvalue weighted by Gasteiger charge is 2.75. The summed E-state index contributed by atoms with van der Waals surface area (Å²) in [5.41, 5.74) is -1.87. The number of aliphatic hydroxyl groups is 1. The first-order chi connectivity index (χ1) is 33.2. The molecule has 0 aromatic heterocycles. The van der Waals surface area contributed by atoms with E-state index in [9.17, 15) is 63.0 Å². The van der Waals surface area contributed by atoms with Crippen molar-refractivity contribution in [1.29, 1.82) is 0 Å². The van der Waals surface area contributed by atoms with Gasteiger partial charge in [0.05, 0.1) is 78.8 Å². The Morgan fingerprint density at radius 2 is 0.883 bits per heavy atom. The van der Waals surface area contributed by atoms with Gasteiger partial charge in [-0.15, -0.1) is 0 Å². The molecule has 436 valence electrons. The molecule has 9 aliphatic rings. The number of carboxylic acid groups (broad SMARTS) is 1. The fourth-order valence-electron chi connectivity index (χ4n) is 16.8. The van der Waals surface area contributed by atoms with Gasteiger partial charge in [0.25, 0.3) is 0 Å². The van der Waals surface area contributed by atoms with E-state index in [1.807, 2.05) is 6.92 Å². The average Bonchev–Trinajstić information content (AvgIpc) is 4.16. The number of hydrogen-bond acceptors (Lipinski definition) is 19. The highest BCUT2D eigenvalue weighted by atomic mass is 16.6. The Bertz CT molecular complexity index is 2340. The summed E-state index contributed by atoms with van der Waals surface area (Å²) in [6.45, 7) is 12.7. The van der Waals surface area contributed by atoms with Crippen LogP contribution in [0.4, 0.5) is 0 Å². The maximum atomic E-state index is 14.8. The molecule has 23 atom stereocenters. The smallest absolute Gasteiger partial charge is 0.317 e. The molecule has 0 spiro atoms. The van der Waals surface area contributed by atoms with Gasteiger partial charge in [0.1, 0.15) is 17.8 Å². The summed E-state index contributed by atoms with van der Waals surface area (Å²) in [7, 11) is 1.09. The Kier molecular flexibility index (Phi) is 19.9. The van der Waals surface area contributed by atoms with Crippen LogP contribution in [0.15, 0.2) is 0 Å². The van der Waals surface area contributed by atoms with Crippen LogP contribution in [-0.2, 0) is 85.9 Å². The first kappa shape index (κ1) is 66.0. The number of methoxy groups -OCH3 is 1. The van der Waals surface area contributed by atoms with Crippen LogP contribution in [0.1, 0.15) is 126 Å². The van der Waals surface area contributed by atoms with Crippen LogP contribution in [0.2, 0.25) is 0 Å². The Morgan fingerprint density at radius 1 is 0.494 bits per heavy atom. The molecule has 0 aromatic rings. The zero-order chi connectivity index (χ0) is 51.8. The third-order valence-corrected chi connectivity index (χ3v) is 18.5. The van der Waals surface area contributed by atoms with Crippen LogP contribution >= 0.6 is 0 Å². The molecule has 6 saturated carbocycles. The Balaban J connectivity index is 0.00000260. The molecule has 0 radical (unpaired) electrons. The second-order valence-electron chi connectivity index (χ2n) is 23.9. The lowest BCUT2D eigenvalue weighted by molar-refractivity contribution is -0.179. The van der Waals surface area contributed by atoms with Gasteiger partial charge in [0.2, 0.25) is 0 Å². The molecule has 0 amide bonds. The van der Waals surface area contributed by atoms with E-state index in [0.29, 0.717) is 6.42 Å². The van der Waals surface area contributed by atoms with Gasteiger partial charge in [-0.3, -0.25) is 52.7 Å². The molecule has 3 heterocycles. The molecule has 2 N–H and O–H groups in total. The van der Waals surface area contributed by atoms with Crippen molar-refractivity contribution in [2.24, 2.45) is 136 Å². The van der Waals surface area contributed by atoms with Gasteiger partial charge in [0.15, 0.2) is 0 Å². The van der Waals surface area contributed by atoms with Crippen LogP contribution in [0.5, 0.6) is 0 Å². The topological polar surface area (TPSA) is 293 Å². The molecule has 6 bridgehead atoms. The molecule has 3 aliphatic heterocycles. The second kappa shape index (κ2) is 23.2. The third kappa shape index (κ3) is 10.5. The van der Waals surface area contributed by atoms with Crippen LogP contribution < -0.4 is 0 Å². The van der Waals surface area contributed by atoms with E-state index in [0.717, 1.165) is 7.11 Å². The summed E-state index contributed by atoms with van der Waals surface area (Å²) in [6.07, 6.45) is 0.644. The summed E-state index contributed by atoms with van der Waals surface area (Å²) in [4.78, 5) is 154. The maximum absolute atomic E-state index is 14.8. The van der Waals surface area contributed by atoms with Crippen molar-refractivity contribution >= 4 is 65.7 Å². The normalized spacial score (nSPS) is 40.8. The van der Waals surface area contributed by atoms with Crippen molar-refractivity contribution in [2.45, 2.75) is 137 Å². The predicted octanol–water partition coefficient (Wildman–Crippen LogP) is 6.38. The van der Waals surface area contributed by atoms with E-state index >= 15 is 0 Å². The number of carbonyl (C=O) groups is 11. The SMILES string of the molecule is C.C.C.C.C.C.COC(=O)C1C2CC(C1C(=O)O)C(C1C(=O)OC(=O)C1C)C2C1C(=O)OC(=O)C1C1C2CC(CC2C(=O)OCCO)C1C1C(=O)OC(=O)C1C1C(C)C2CC1C(C(=O)OC(C)(C)C)C2C(=O)OC(C)(C)C. The summed E-state index contributed by atoms with van der Waals surface area (Å²) in [5.74, 6) is -33.5. The average molecular weight is 1090 g/mol. The zero-order valence-electron chi connectivity index (χ0n) is 41.3. The fourth-order valence-corrected chi connectivity index (χ4v) is 16.8. The highest BCUT2D eigenvalue weighted by molar-refractivity contribution is 6.00. The van der Waals surface area contributed by atoms with Crippen LogP contribution in [0.3, 0.4) is 0 Å². The van der Waals surface area contributed by atoms with Crippen molar-refractivity contribution in [3.05, 3.63) is 0 Å². The molecule has 23 unspecified atom stereocenters. The van der Waals surface area contributed by atoms with E-state index in [1.54, 1.807) is 41.5 Å². The summed E-state index contributed by atoms with van der Waals surface area (Å²) >= 11 is 0. The second-order valence-corrected chi connectivity index (χ2v) is 23.9. The number of aliphatic hydroxyl groups excluding tert-OH is 1. The largest absolute Gasteiger partial charge is 0.481 e. The monoisotopic (exact) mass is 1090 g/mol. The fraction of sp³-hybridized carbons (Fsp3) is 0.807. The van der Waals surface area contributed by atoms with E-state index in [4.69, 9.17) is 33.2 Å². The number of ether oxygens (including phenoxy) is 7. The number of rotatable bonds is 12. The highest BCUT2D eigenvalue weighted by Crippen LogP contribution is 2.71. The predicted molar refractivity (Wildman–Crippen MR) is 273 cm³/mol. The molecular weight excluding hydrogens is 1000 g/mol. The van der Waals surface area contributed by atoms with Crippen LogP contribution in [0, 0.1) is 136 Å². The lowest BCUT2D eigenvalue weighted by atomic mass is 9.53. The number of cyclic esters (lactones) is 6. The number of aliphatic carboxylic acids is 1. The minimum absolute atomic E-state index is 0. The molecule has 9 fully saturated rings.